The molecule has 0 fully saturated rings. The van der Waals surface area contributed by atoms with Gasteiger partial charge in [0.2, 0.25) is 6.79 Å². The molecule has 0 saturated heterocycles. The largest absolute Gasteiger partial charge is 0.466 e. The Hall–Kier alpha value is -2.30. The van der Waals surface area contributed by atoms with E-state index in [0.29, 0.717) is 17.1 Å². The Labute approximate surface area is 110 Å². The predicted octanol–water partition coefficient (Wildman–Crippen LogP) is 1.95. The van der Waals surface area contributed by atoms with E-state index in [1.807, 2.05) is 0 Å². The summed E-state index contributed by atoms with van der Waals surface area (Å²) in [6.07, 6.45) is 1.66. The lowest BCUT2D eigenvalue weighted by molar-refractivity contribution is -0.136. The van der Waals surface area contributed by atoms with E-state index >= 15 is 0 Å². The lowest BCUT2D eigenvalue weighted by Crippen LogP contribution is -2.08. The Bertz CT molecular complexity index is 545. The first-order valence-corrected chi connectivity index (χ1v) is 5.78. The van der Waals surface area contributed by atoms with Crippen LogP contribution in [0.25, 0.3) is 6.08 Å². The van der Waals surface area contributed by atoms with Gasteiger partial charge in [0.05, 0.1) is 7.11 Å². The third kappa shape index (κ3) is 3.13. The van der Waals surface area contributed by atoms with Gasteiger partial charge in [-0.05, 0) is 30.7 Å². The number of hydrogen-bond acceptors (Lipinski definition) is 5. The molecule has 2 rings (SSSR count). The molecule has 1 aromatic rings. The highest BCUT2D eigenvalue weighted by Gasteiger charge is 2.15. The predicted molar refractivity (Wildman–Crippen MR) is 67.9 cm³/mol. The number of Topliss-reactive ketones (excluding diaryl/α,β-unsaturated/α-hetero) is 1. The Balaban J connectivity index is 2.29. The van der Waals surface area contributed by atoms with Crippen molar-refractivity contribution in [2.24, 2.45) is 0 Å². The molecule has 0 unspecified atom stereocenters. The number of methoxy groups -OCH3 is 1. The van der Waals surface area contributed by atoms with Crippen LogP contribution < -0.4 is 9.47 Å². The number of esters is 1. The second-order valence-corrected chi connectivity index (χ2v) is 4.15. The molecule has 1 aromatic carbocycles. The van der Waals surface area contributed by atoms with E-state index in [4.69, 9.17) is 9.47 Å². The Morgan fingerprint density at radius 1 is 1.32 bits per heavy atom. The maximum absolute atomic E-state index is 11.6. The zero-order chi connectivity index (χ0) is 13.8. The Kier molecular flexibility index (Phi) is 3.85. The summed E-state index contributed by atoms with van der Waals surface area (Å²) >= 11 is 0. The number of benzene rings is 1. The van der Waals surface area contributed by atoms with Gasteiger partial charge in [-0.2, -0.15) is 0 Å². The number of hydrogen-bond donors (Lipinski definition) is 0. The molecular formula is C14H14O5. The van der Waals surface area contributed by atoms with E-state index in [1.54, 1.807) is 24.3 Å². The summed E-state index contributed by atoms with van der Waals surface area (Å²) < 4.78 is 15.1. The Morgan fingerprint density at radius 2 is 2.05 bits per heavy atom. The molecule has 1 aliphatic heterocycles. The average Bonchev–Trinajstić information content (AvgIpc) is 2.84. The van der Waals surface area contributed by atoms with Gasteiger partial charge in [-0.15, -0.1) is 0 Å². The number of ether oxygens (including phenoxy) is 3. The summed E-state index contributed by atoms with van der Waals surface area (Å²) in [5.41, 5.74) is 1.07. The van der Waals surface area contributed by atoms with Crippen molar-refractivity contribution >= 4 is 17.8 Å². The normalized spacial score (nSPS) is 13.3. The molecule has 1 heterocycles. The van der Waals surface area contributed by atoms with Gasteiger partial charge in [0.1, 0.15) is 5.78 Å². The van der Waals surface area contributed by atoms with Crippen molar-refractivity contribution < 1.29 is 23.8 Å². The minimum atomic E-state index is -0.507. The molecule has 0 atom stereocenters. The molecule has 1 aliphatic rings. The number of rotatable bonds is 4. The van der Waals surface area contributed by atoms with Crippen molar-refractivity contribution in [3.63, 3.8) is 0 Å². The fraction of sp³-hybridized carbons (Fsp3) is 0.286. The van der Waals surface area contributed by atoms with Crippen molar-refractivity contribution in [1.82, 2.24) is 0 Å². The molecule has 0 N–H and O–H groups in total. The monoisotopic (exact) mass is 262 g/mol. The van der Waals surface area contributed by atoms with Gasteiger partial charge in [-0.1, -0.05) is 6.07 Å². The standard InChI is InChI=1S/C14H14O5/c1-9(15)5-11(14(16)17-2)6-10-3-4-12-13(7-10)19-8-18-12/h3-4,6-7H,5,8H2,1-2H3/b11-6+. The summed E-state index contributed by atoms with van der Waals surface area (Å²) in [7, 11) is 1.29. The molecule has 100 valence electrons. The highest BCUT2D eigenvalue weighted by molar-refractivity contribution is 5.99. The number of fused-ring (bicyclic) bond motifs is 1. The van der Waals surface area contributed by atoms with Gasteiger partial charge in [0, 0.05) is 12.0 Å². The maximum Gasteiger partial charge on any atom is 0.334 e. The van der Waals surface area contributed by atoms with Gasteiger partial charge in [-0.3, -0.25) is 4.79 Å². The minimum absolute atomic E-state index is 0.0428. The summed E-state index contributed by atoms with van der Waals surface area (Å²) in [6, 6.07) is 5.30. The molecule has 0 saturated carbocycles. The van der Waals surface area contributed by atoms with E-state index in [0.717, 1.165) is 5.56 Å². The summed E-state index contributed by atoms with van der Waals surface area (Å²) in [5.74, 6) is 0.689. The van der Waals surface area contributed by atoms with Crippen LogP contribution in [0.4, 0.5) is 0 Å². The number of carbonyl (C=O) groups is 2. The smallest absolute Gasteiger partial charge is 0.334 e. The highest BCUT2D eigenvalue weighted by Crippen LogP contribution is 2.33. The van der Waals surface area contributed by atoms with Crippen LogP contribution in [0.5, 0.6) is 11.5 Å². The number of ketones is 1. The molecule has 0 aliphatic carbocycles. The zero-order valence-electron chi connectivity index (χ0n) is 10.8. The molecule has 19 heavy (non-hydrogen) atoms. The lowest BCUT2D eigenvalue weighted by Gasteiger charge is -2.04. The lowest BCUT2D eigenvalue weighted by atomic mass is 10.1. The van der Waals surface area contributed by atoms with E-state index < -0.39 is 5.97 Å². The van der Waals surface area contributed by atoms with Crippen molar-refractivity contribution in [3.05, 3.63) is 29.3 Å². The van der Waals surface area contributed by atoms with Crippen LogP contribution in [0.15, 0.2) is 23.8 Å². The molecule has 0 spiro atoms. The van der Waals surface area contributed by atoms with Gasteiger partial charge < -0.3 is 14.2 Å². The minimum Gasteiger partial charge on any atom is -0.466 e. The topological polar surface area (TPSA) is 61.8 Å². The summed E-state index contributed by atoms with van der Waals surface area (Å²) in [5, 5.41) is 0. The average molecular weight is 262 g/mol. The SMILES string of the molecule is COC(=O)/C(=C/c1ccc2c(c1)OCO2)CC(C)=O. The van der Waals surface area contributed by atoms with Crippen LogP contribution in [-0.4, -0.2) is 25.7 Å². The van der Waals surface area contributed by atoms with Crippen LogP contribution in [0, 0.1) is 0 Å². The number of carbonyl (C=O) groups excluding carboxylic acids is 2. The maximum atomic E-state index is 11.6. The fourth-order valence-electron chi connectivity index (χ4n) is 1.79. The van der Waals surface area contributed by atoms with Crippen LogP contribution >= 0.6 is 0 Å². The van der Waals surface area contributed by atoms with Crippen molar-refractivity contribution in [2.75, 3.05) is 13.9 Å². The Morgan fingerprint density at radius 3 is 2.74 bits per heavy atom. The third-order valence-corrected chi connectivity index (χ3v) is 2.62. The molecule has 0 amide bonds. The second kappa shape index (κ2) is 5.56. The summed E-state index contributed by atoms with van der Waals surface area (Å²) in [6.45, 7) is 1.62. The molecular weight excluding hydrogens is 248 g/mol. The van der Waals surface area contributed by atoms with E-state index in [-0.39, 0.29) is 19.0 Å². The molecule has 0 bridgehead atoms. The van der Waals surface area contributed by atoms with E-state index in [2.05, 4.69) is 4.74 Å². The van der Waals surface area contributed by atoms with Gasteiger partial charge >= 0.3 is 5.97 Å². The highest BCUT2D eigenvalue weighted by atomic mass is 16.7. The van der Waals surface area contributed by atoms with Crippen LogP contribution in [0.3, 0.4) is 0 Å². The van der Waals surface area contributed by atoms with Gasteiger partial charge in [0.25, 0.3) is 0 Å². The van der Waals surface area contributed by atoms with Crippen molar-refractivity contribution in [3.8, 4) is 11.5 Å². The van der Waals surface area contributed by atoms with E-state index in [1.165, 1.54) is 14.0 Å². The zero-order valence-corrected chi connectivity index (χ0v) is 10.8. The van der Waals surface area contributed by atoms with Crippen LogP contribution in [0.2, 0.25) is 0 Å². The van der Waals surface area contributed by atoms with Crippen molar-refractivity contribution in [1.29, 1.82) is 0 Å². The molecule has 5 heteroatoms. The van der Waals surface area contributed by atoms with Crippen molar-refractivity contribution in [2.45, 2.75) is 13.3 Å². The molecule has 5 nitrogen and oxygen atoms in total. The van der Waals surface area contributed by atoms with E-state index in [9.17, 15) is 9.59 Å². The molecule has 0 aromatic heterocycles. The van der Waals surface area contributed by atoms with Gasteiger partial charge in [0.15, 0.2) is 11.5 Å². The first-order chi connectivity index (χ1) is 9.10. The second-order valence-electron chi connectivity index (χ2n) is 4.15. The van der Waals surface area contributed by atoms with Gasteiger partial charge in [-0.25, -0.2) is 4.79 Å². The quantitative estimate of drug-likeness (QED) is 0.613. The first-order valence-electron chi connectivity index (χ1n) is 5.78. The van der Waals surface area contributed by atoms with Crippen LogP contribution in [-0.2, 0) is 14.3 Å². The third-order valence-electron chi connectivity index (χ3n) is 2.62. The van der Waals surface area contributed by atoms with Crippen LogP contribution in [0.1, 0.15) is 18.9 Å². The fourth-order valence-corrected chi connectivity index (χ4v) is 1.79. The molecule has 0 radical (unpaired) electrons. The first kappa shape index (κ1) is 13.1. The summed E-state index contributed by atoms with van der Waals surface area (Å²) in [4.78, 5) is 22.7.